The van der Waals surface area contributed by atoms with Crippen LogP contribution in [0.2, 0.25) is 0 Å². The van der Waals surface area contributed by atoms with Crippen molar-refractivity contribution in [1.29, 1.82) is 0 Å². The molecule has 0 aliphatic rings. The van der Waals surface area contributed by atoms with Gasteiger partial charge in [-0.3, -0.25) is 0 Å². The highest BCUT2D eigenvalue weighted by Crippen LogP contribution is 2.34. The minimum Gasteiger partial charge on any atom is -0.497 e. The predicted octanol–water partition coefficient (Wildman–Crippen LogP) is 3.44. The van der Waals surface area contributed by atoms with Crippen molar-refractivity contribution in [3.05, 3.63) is 41.6 Å². The van der Waals surface area contributed by atoms with E-state index >= 15 is 0 Å². The van der Waals surface area contributed by atoms with Gasteiger partial charge in [-0.05, 0) is 49.7 Å². The lowest BCUT2D eigenvalue weighted by molar-refractivity contribution is 0.414. The van der Waals surface area contributed by atoms with Crippen LogP contribution in [0.4, 0.5) is 5.69 Å². The highest BCUT2D eigenvalue weighted by molar-refractivity contribution is 7.99. The minimum absolute atomic E-state index is 0.738. The maximum absolute atomic E-state index is 5.96. The molecule has 3 nitrogen and oxygen atoms in total. The van der Waals surface area contributed by atoms with Crippen molar-refractivity contribution < 1.29 is 4.74 Å². The molecule has 2 rings (SSSR count). The molecule has 1 heterocycles. The van der Waals surface area contributed by atoms with Crippen LogP contribution in [0.25, 0.3) is 0 Å². The van der Waals surface area contributed by atoms with Gasteiger partial charge in [-0.25, -0.2) is 4.98 Å². The first-order valence-electron chi connectivity index (χ1n) is 5.65. The summed E-state index contributed by atoms with van der Waals surface area (Å²) in [5, 5.41) is 0.951. The van der Waals surface area contributed by atoms with Gasteiger partial charge in [0, 0.05) is 16.3 Å². The zero-order chi connectivity index (χ0) is 13.1. The third-order valence-electron chi connectivity index (χ3n) is 2.51. The van der Waals surface area contributed by atoms with Crippen LogP contribution in [0.5, 0.6) is 5.75 Å². The summed E-state index contributed by atoms with van der Waals surface area (Å²) in [6.07, 6.45) is 0. The second-order valence-electron chi connectivity index (χ2n) is 4.13. The Labute approximate surface area is 111 Å². The summed E-state index contributed by atoms with van der Waals surface area (Å²) in [5.74, 6) is 0.802. The quantitative estimate of drug-likeness (QED) is 0.859. The Morgan fingerprint density at radius 2 is 1.94 bits per heavy atom. The second-order valence-corrected chi connectivity index (χ2v) is 5.19. The van der Waals surface area contributed by atoms with E-state index in [1.54, 1.807) is 18.9 Å². The van der Waals surface area contributed by atoms with Crippen LogP contribution in [0.3, 0.4) is 0 Å². The van der Waals surface area contributed by atoms with Crippen molar-refractivity contribution in [2.45, 2.75) is 23.8 Å². The molecule has 2 aromatic rings. The lowest BCUT2D eigenvalue weighted by Gasteiger charge is -2.08. The maximum atomic E-state index is 5.96. The average molecular weight is 260 g/mol. The van der Waals surface area contributed by atoms with Gasteiger partial charge < -0.3 is 10.5 Å². The predicted molar refractivity (Wildman–Crippen MR) is 75.2 cm³/mol. The molecule has 1 aromatic carbocycles. The molecule has 0 bridgehead atoms. The highest BCUT2D eigenvalue weighted by Gasteiger charge is 2.06. The molecule has 4 heteroatoms. The van der Waals surface area contributed by atoms with E-state index in [0.29, 0.717) is 0 Å². The number of anilines is 1. The largest absolute Gasteiger partial charge is 0.497 e. The van der Waals surface area contributed by atoms with Crippen LogP contribution >= 0.6 is 11.8 Å². The van der Waals surface area contributed by atoms with Gasteiger partial charge in [0.1, 0.15) is 10.8 Å². The molecular formula is C14H16N2OS. The van der Waals surface area contributed by atoms with Crippen molar-refractivity contribution in [3.63, 3.8) is 0 Å². The molecule has 94 valence electrons. The van der Waals surface area contributed by atoms with Crippen molar-refractivity contribution in [3.8, 4) is 5.75 Å². The first-order valence-corrected chi connectivity index (χ1v) is 6.47. The molecule has 0 saturated carbocycles. The maximum Gasteiger partial charge on any atom is 0.120 e. The van der Waals surface area contributed by atoms with Crippen LogP contribution < -0.4 is 10.5 Å². The number of hydrogen-bond donors (Lipinski definition) is 1. The van der Waals surface area contributed by atoms with E-state index in [4.69, 9.17) is 10.5 Å². The van der Waals surface area contributed by atoms with Crippen LogP contribution in [0.15, 0.2) is 40.3 Å². The van der Waals surface area contributed by atoms with Gasteiger partial charge in [-0.1, -0.05) is 11.8 Å². The molecule has 0 amide bonds. The van der Waals surface area contributed by atoms with E-state index in [0.717, 1.165) is 27.1 Å². The van der Waals surface area contributed by atoms with E-state index in [-0.39, 0.29) is 0 Å². The molecule has 0 atom stereocenters. The Morgan fingerprint density at radius 1 is 1.17 bits per heavy atom. The van der Waals surface area contributed by atoms with Crippen LogP contribution in [0, 0.1) is 13.8 Å². The lowest BCUT2D eigenvalue weighted by Crippen LogP contribution is -1.92. The Bertz CT molecular complexity index is 549. The summed E-state index contributed by atoms with van der Waals surface area (Å²) in [4.78, 5) is 5.46. The van der Waals surface area contributed by atoms with Crippen molar-refractivity contribution >= 4 is 17.4 Å². The number of methoxy groups -OCH3 is 1. The molecule has 0 radical (unpaired) electrons. The zero-order valence-electron chi connectivity index (χ0n) is 10.7. The van der Waals surface area contributed by atoms with Gasteiger partial charge in [0.25, 0.3) is 0 Å². The fourth-order valence-corrected chi connectivity index (χ4v) is 2.72. The summed E-state index contributed by atoms with van der Waals surface area (Å²) in [6, 6.07) is 9.74. The zero-order valence-corrected chi connectivity index (χ0v) is 11.5. The lowest BCUT2D eigenvalue weighted by atomic mass is 10.3. The summed E-state index contributed by atoms with van der Waals surface area (Å²) >= 11 is 1.56. The first-order chi connectivity index (χ1) is 8.58. The van der Waals surface area contributed by atoms with Crippen LogP contribution in [-0.4, -0.2) is 12.1 Å². The topological polar surface area (TPSA) is 48.1 Å². The third kappa shape index (κ3) is 2.96. The smallest absolute Gasteiger partial charge is 0.120 e. The molecule has 0 aliphatic heterocycles. The first kappa shape index (κ1) is 12.8. The summed E-state index contributed by atoms with van der Waals surface area (Å²) in [5.41, 5.74) is 8.92. The number of benzene rings is 1. The number of nitrogens with zero attached hydrogens (tertiary/aromatic N) is 1. The van der Waals surface area contributed by atoms with E-state index in [1.807, 2.05) is 25.1 Å². The number of aromatic nitrogens is 1. The molecule has 0 unspecified atom stereocenters. The number of pyridine rings is 1. The molecule has 0 saturated heterocycles. The van der Waals surface area contributed by atoms with Crippen molar-refractivity contribution in [2.75, 3.05) is 12.8 Å². The molecule has 0 aliphatic carbocycles. The number of nitrogen functional groups attached to an aromatic ring is 1. The second kappa shape index (κ2) is 5.31. The summed E-state index contributed by atoms with van der Waals surface area (Å²) < 4.78 is 5.21. The van der Waals surface area contributed by atoms with Crippen molar-refractivity contribution in [2.24, 2.45) is 0 Å². The van der Waals surface area contributed by atoms with E-state index in [2.05, 4.69) is 24.0 Å². The number of rotatable bonds is 3. The Morgan fingerprint density at radius 3 is 2.61 bits per heavy atom. The van der Waals surface area contributed by atoms with Crippen LogP contribution in [-0.2, 0) is 0 Å². The van der Waals surface area contributed by atoms with E-state index < -0.39 is 0 Å². The van der Waals surface area contributed by atoms with Gasteiger partial charge in [0.2, 0.25) is 0 Å². The third-order valence-corrected chi connectivity index (χ3v) is 3.50. The van der Waals surface area contributed by atoms with Gasteiger partial charge in [-0.2, -0.15) is 0 Å². The fourth-order valence-electron chi connectivity index (χ4n) is 1.70. The summed E-state index contributed by atoms with van der Waals surface area (Å²) in [6.45, 7) is 4.06. The Kier molecular flexibility index (Phi) is 3.77. The molecular weight excluding hydrogens is 244 g/mol. The summed E-state index contributed by atoms with van der Waals surface area (Å²) in [7, 11) is 1.65. The van der Waals surface area contributed by atoms with Gasteiger partial charge >= 0.3 is 0 Å². The van der Waals surface area contributed by atoms with Crippen LogP contribution in [0.1, 0.15) is 11.3 Å². The van der Waals surface area contributed by atoms with Gasteiger partial charge in [0.05, 0.1) is 7.11 Å². The fraction of sp³-hybridized carbons (Fsp3) is 0.214. The minimum atomic E-state index is 0.738. The molecule has 1 aromatic heterocycles. The Balaban J connectivity index is 2.33. The SMILES string of the molecule is COc1ccc(N)c(Sc2cc(C)cc(C)n2)c1. The number of hydrogen-bond acceptors (Lipinski definition) is 4. The molecule has 2 N–H and O–H groups in total. The monoisotopic (exact) mass is 260 g/mol. The van der Waals surface area contributed by atoms with Crippen molar-refractivity contribution in [1.82, 2.24) is 4.98 Å². The van der Waals surface area contributed by atoms with Gasteiger partial charge in [-0.15, -0.1) is 0 Å². The number of ether oxygens (including phenoxy) is 1. The van der Waals surface area contributed by atoms with Gasteiger partial charge in [0.15, 0.2) is 0 Å². The van der Waals surface area contributed by atoms with E-state index in [9.17, 15) is 0 Å². The molecule has 0 spiro atoms. The Hall–Kier alpha value is -1.68. The molecule has 0 fully saturated rings. The standard InChI is InChI=1S/C14H16N2OS/c1-9-6-10(2)16-14(7-9)18-13-8-11(17-3)4-5-12(13)15/h4-8H,15H2,1-3H3. The number of aryl methyl sites for hydroxylation is 2. The highest BCUT2D eigenvalue weighted by atomic mass is 32.2. The molecule has 18 heavy (non-hydrogen) atoms. The average Bonchev–Trinajstić information content (AvgIpc) is 2.30. The number of nitrogens with two attached hydrogens (primary N) is 1. The van der Waals surface area contributed by atoms with E-state index in [1.165, 1.54) is 5.56 Å². The normalized spacial score (nSPS) is 10.4.